The summed E-state index contributed by atoms with van der Waals surface area (Å²) in [6.45, 7) is 0. The first-order valence-electron chi connectivity index (χ1n) is 6.41. The van der Waals surface area contributed by atoms with E-state index in [4.69, 9.17) is 0 Å². The van der Waals surface area contributed by atoms with Gasteiger partial charge in [-0.15, -0.1) is 0 Å². The summed E-state index contributed by atoms with van der Waals surface area (Å²) in [6, 6.07) is 10.1. The molecule has 0 bridgehead atoms. The van der Waals surface area contributed by atoms with E-state index in [0.29, 0.717) is 0 Å². The van der Waals surface area contributed by atoms with Crippen LogP contribution in [0, 0.1) is 5.82 Å². The maximum absolute atomic E-state index is 13.0. The van der Waals surface area contributed by atoms with Crippen molar-refractivity contribution in [2.75, 3.05) is 0 Å². The van der Waals surface area contributed by atoms with Crippen molar-refractivity contribution in [3.63, 3.8) is 0 Å². The Hall–Kier alpha value is -3.02. The summed E-state index contributed by atoms with van der Waals surface area (Å²) < 4.78 is 14.9. The average molecular weight is 279 g/mol. The van der Waals surface area contributed by atoms with Crippen LogP contribution < -0.4 is 0 Å². The van der Waals surface area contributed by atoms with Gasteiger partial charge in [0.2, 0.25) is 0 Å². The highest BCUT2D eigenvalue weighted by Gasteiger charge is 2.06. The molecule has 102 valence electrons. The van der Waals surface area contributed by atoms with Crippen LogP contribution in [0.3, 0.4) is 0 Å². The molecule has 4 rings (SSSR count). The van der Waals surface area contributed by atoms with Crippen LogP contribution in [0.1, 0.15) is 0 Å². The molecule has 6 heteroatoms. The third kappa shape index (κ3) is 2.06. The van der Waals surface area contributed by atoms with E-state index in [1.165, 1.54) is 16.9 Å². The summed E-state index contributed by atoms with van der Waals surface area (Å²) in [5.41, 5.74) is 3.32. The molecule has 0 aliphatic rings. The molecule has 1 aromatic carbocycles. The first kappa shape index (κ1) is 11.8. The highest BCUT2D eigenvalue weighted by atomic mass is 19.1. The number of aromatic nitrogens is 5. The topological polar surface area (TPSA) is 48.0 Å². The summed E-state index contributed by atoms with van der Waals surface area (Å²) in [5.74, 6) is -0.255. The average Bonchev–Trinajstić information content (AvgIpc) is 3.16. The van der Waals surface area contributed by atoms with Crippen molar-refractivity contribution in [1.82, 2.24) is 24.4 Å². The van der Waals surface area contributed by atoms with Crippen LogP contribution in [0.15, 0.2) is 61.2 Å². The van der Waals surface area contributed by atoms with Crippen LogP contribution in [-0.4, -0.2) is 24.4 Å². The van der Waals surface area contributed by atoms with Gasteiger partial charge in [-0.25, -0.2) is 9.37 Å². The van der Waals surface area contributed by atoms with Crippen molar-refractivity contribution in [1.29, 1.82) is 0 Å². The minimum absolute atomic E-state index is 0.255. The third-order valence-electron chi connectivity index (χ3n) is 3.23. The number of rotatable bonds is 2. The minimum atomic E-state index is -0.255. The second-order valence-corrected chi connectivity index (χ2v) is 4.60. The van der Waals surface area contributed by atoms with Crippen LogP contribution in [0.25, 0.3) is 22.6 Å². The lowest BCUT2D eigenvalue weighted by molar-refractivity contribution is 0.628. The molecule has 0 aliphatic heterocycles. The van der Waals surface area contributed by atoms with Crippen LogP contribution in [-0.2, 0) is 0 Å². The predicted octanol–water partition coefficient (Wildman–Crippen LogP) is 2.72. The fraction of sp³-hybridized carbons (Fsp3) is 0. The molecule has 4 aromatic rings. The molecule has 0 fully saturated rings. The van der Waals surface area contributed by atoms with Crippen molar-refractivity contribution in [2.24, 2.45) is 0 Å². The summed E-state index contributed by atoms with van der Waals surface area (Å²) >= 11 is 0. The fourth-order valence-electron chi connectivity index (χ4n) is 2.21. The molecule has 0 radical (unpaired) electrons. The highest BCUT2D eigenvalue weighted by Crippen LogP contribution is 2.20. The molecule has 0 amide bonds. The molecule has 0 saturated carbocycles. The molecule has 0 unspecified atom stereocenters. The number of fused-ring (bicyclic) bond motifs is 1. The second kappa shape index (κ2) is 4.52. The maximum Gasteiger partial charge on any atom is 0.137 e. The van der Waals surface area contributed by atoms with Crippen LogP contribution in [0.4, 0.5) is 4.39 Å². The SMILES string of the molecule is Fc1ccc(-c2cn3cc(-n4nccn4)ccc3n2)cc1. The van der Waals surface area contributed by atoms with Crippen LogP contribution in [0.2, 0.25) is 0 Å². The standard InChI is InChI=1S/C15H10FN5/c16-12-3-1-11(2-4-12)14-10-20-9-13(5-6-15(20)19-14)21-17-7-8-18-21/h1-10H. The number of hydrogen-bond donors (Lipinski definition) is 0. The van der Waals surface area contributed by atoms with Crippen molar-refractivity contribution in [2.45, 2.75) is 0 Å². The lowest BCUT2D eigenvalue weighted by Crippen LogP contribution is -1.99. The highest BCUT2D eigenvalue weighted by molar-refractivity contribution is 5.63. The zero-order chi connectivity index (χ0) is 14.2. The van der Waals surface area contributed by atoms with E-state index in [0.717, 1.165) is 22.6 Å². The Balaban J connectivity index is 1.81. The van der Waals surface area contributed by atoms with Gasteiger partial charge in [0, 0.05) is 18.0 Å². The van der Waals surface area contributed by atoms with Gasteiger partial charge in [0.1, 0.15) is 17.2 Å². The Labute approximate surface area is 119 Å². The van der Waals surface area contributed by atoms with E-state index in [1.807, 2.05) is 28.9 Å². The number of pyridine rings is 1. The molecule has 21 heavy (non-hydrogen) atoms. The van der Waals surface area contributed by atoms with Crippen molar-refractivity contribution >= 4 is 5.65 Å². The molecular weight excluding hydrogens is 269 g/mol. The van der Waals surface area contributed by atoms with Gasteiger partial charge in [-0.1, -0.05) is 0 Å². The fourth-order valence-corrected chi connectivity index (χ4v) is 2.21. The van der Waals surface area contributed by atoms with Gasteiger partial charge in [0.05, 0.1) is 18.1 Å². The minimum Gasteiger partial charge on any atom is -0.304 e. The quantitative estimate of drug-likeness (QED) is 0.567. The number of halogens is 1. The Morgan fingerprint density at radius 1 is 0.857 bits per heavy atom. The molecule has 3 heterocycles. The third-order valence-corrected chi connectivity index (χ3v) is 3.23. The predicted molar refractivity (Wildman–Crippen MR) is 75.5 cm³/mol. The van der Waals surface area contributed by atoms with Gasteiger partial charge in [-0.2, -0.15) is 15.0 Å². The zero-order valence-corrected chi connectivity index (χ0v) is 10.9. The first-order valence-corrected chi connectivity index (χ1v) is 6.41. The van der Waals surface area contributed by atoms with Gasteiger partial charge >= 0.3 is 0 Å². The Morgan fingerprint density at radius 3 is 2.38 bits per heavy atom. The van der Waals surface area contributed by atoms with Crippen molar-refractivity contribution in [3.05, 3.63) is 67.0 Å². The van der Waals surface area contributed by atoms with E-state index < -0.39 is 0 Å². The second-order valence-electron chi connectivity index (χ2n) is 4.60. The molecule has 0 saturated heterocycles. The molecule has 0 atom stereocenters. The van der Waals surface area contributed by atoms with Crippen LogP contribution in [0.5, 0.6) is 0 Å². The molecule has 5 nitrogen and oxygen atoms in total. The van der Waals surface area contributed by atoms with Gasteiger partial charge in [-0.3, -0.25) is 0 Å². The summed E-state index contributed by atoms with van der Waals surface area (Å²) in [7, 11) is 0. The number of benzene rings is 1. The normalized spacial score (nSPS) is 11.1. The Morgan fingerprint density at radius 2 is 1.62 bits per heavy atom. The van der Waals surface area contributed by atoms with E-state index in [1.54, 1.807) is 24.5 Å². The number of imidazole rings is 1. The molecule has 3 aromatic heterocycles. The largest absolute Gasteiger partial charge is 0.304 e. The van der Waals surface area contributed by atoms with Crippen molar-refractivity contribution in [3.8, 4) is 16.9 Å². The van der Waals surface area contributed by atoms with E-state index >= 15 is 0 Å². The van der Waals surface area contributed by atoms with E-state index in [2.05, 4.69) is 15.2 Å². The molecule has 0 aliphatic carbocycles. The lowest BCUT2D eigenvalue weighted by Gasteiger charge is -1.99. The Kier molecular flexibility index (Phi) is 2.53. The number of hydrogen-bond acceptors (Lipinski definition) is 3. The van der Waals surface area contributed by atoms with Gasteiger partial charge in [-0.05, 0) is 36.4 Å². The number of nitrogens with zero attached hydrogens (tertiary/aromatic N) is 5. The monoisotopic (exact) mass is 279 g/mol. The molecule has 0 spiro atoms. The smallest absolute Gasteiger partial charge is 0.137 e. The molecule has 0 N–H and O–H groups in total. The summed E-state index contributed by atoms with van der Waals surface area (Å²) in [5, 5.41) is 8.20. The lowest BCUT2D eigenvalue weighted by atomic mass is 10.2. The summed E-state index contributed by atoms with van der Waals surface area (Å²) in [6.07, 6.45) is 7.05. The first-order chi connectivity index (χ1) is 10.3. The Bertz CT molecular complexity index is 894. The van der Waals surface area contributed by atoms with Gasteiger partial charge in [0.25, 0.3) is 0 Å². The van der Waals surface area contributed by atoms with E-state index in [9.17, 15) is 4.39 Å². The maximum atomic E-state index is 13.0. The van der Waals surface area contributed by atoms with Gasteiger partial charge in [0.15, 0.2) is 0 Å². The molecular formula is C15H10FN5. The van der Waals surface area contributed by atoms with E-state index in [-0.39, 0.29) is 5.82 Å². The summed E-state index contributed by atoms with van der Waals surface area (Å²) in [4.78, 5) is 6.06. The van der Waals surface area contributed by atoms with Crippen LogP contribution >= 0.6 is 0 Å². The zero-order valence-electron chi connectivity index (χ0n) is 10.9. The van der Waals surface area contributed by atoms with Gasteiger partial charge < -0.3 is 4.40 Å². The van der Waals surface area contributed by atoms with Crippen molar-refractivity contribution < 1.29 is 4.39 Å².